The van der Waals surface area contributed by atoms with Gasteiger partial charge in [-0.05, 0) is 99.7 Å². The molecule has 10 aromatic heterocycles. The number of amides is 1. The van der Waals surface area contributed by atoms with Gasteiger partial charge < -0.3 is 25.1 Å². The fraction of sp³-hybridized carbons (Fsp3) is 0.194. The Morgan fingerprint density at radius 3 is 1.26 bits per heavy atom. The molecule has 0 radical (unpaired) electrons. The summed E-state index contributed by atoms with van der Waals surface area (Å²) < 4.78 is 0. The number of thiophene rings is 2. The molecule has 2 aliphatic rings. The minimum atomic E-state index is -0.847. The summed E-state index contributed by atoms with van der Waals surface area (Å²) in [6.45, 7) is 6.41. The average Bonchev–Trinajstić information content (AvgIpc) is 3.66. The van der Waals surface area contributed by atoms with Crippen molar-refractivity contribution < 1.29 is 14.7 Å². The number of aromatic carboxylic acids is 1. The Labute approximate surface area is 541 Å². The monoisotopic (exact) mass is 1290 g/mol. The number of rotatable bonds is 11. The molecule has 0 bridgehead atoms. The standard InChI is InChI=1S/C20H18N6OS.C15H16N6.C11H7ClN4.C7H6N2.C5H4O2S.C4H2Cl2N2/c21-13-16(15-3-5-22-6-4-15)17-12-19(24-14-23-17)25-7-9-26(10-8-25)20(27)18-2-1-11-28-18;16-10-13(12-1-3-17-4-2-12)14-9-15(20-11-19-14)21-7-5-18-6-8-21;12-11-5-10(15-7-16-11)9(6-13)8-1-3-14-4-2-8;8-4-1-7-2-5-9-6-3-7;6-5(7)4-2-1-3-8-4;5-3-1-4(6)8-2-7-3/h1-6,11-12,14,16H,7-10H2;1-4,9,11,13,18H,5-8H2;1-5,7,9H;2-3,5-6H,1H2;1-3H,(H,6,7);1-2H. The zero-order valence-electron chi connectivity index (χ0n) is 47.6. The average molecular weight is 1300 g/mol. The van der Waals surface area contributed by atoms with Crippen LogP contribution in [0, 0.1) is 45.3 Å². The molecule has 0 aliphatic carbocycles. The zero-order chi connectivity index (χ0) is 63.7. The van der Waals surface area contributed by atoms with Crippen molar-refractivity contribution in [1.29, 1.82) is 21.0 Å². The number of carboxylic acid groups (broad SMARTS) is 1. The third kappa shape index (κ3) is 21.2. The molecule has 2 saturated heterocycles. The number of nitriles is 4. The molecule has 0 spiro atoms. The van der Waals surface area contributed by atoms with E-state index in [2.05, 4.69) is 99.2 Å². The van der Waals surface area contributed by atoms with Gasteiger partial charge >= 0.3 is 5.97 Å². The van der Waals surface area contributed by atoms with Crippen molar-refractivity contribution in [3.8, 4) is 24.3 Å². The predicted octanol–water partition coefficient (Wildman–Crippen LogP) is 10.0. The second-order valence-electron chi connectivity index (χ2n) is 18.5. The van der Waals surface area contributed by atoms with Crippen LogP contribution < -0.4 is 15.1 Å². The van der Waals surface area contributed by atoms with Crippen LogP contribution in [0.25, 0.3) is 0 Å². The van der Waals surface area contributed by atoms with Gasteiger partial charge in [-0.25, -0.2) is 44.7 Å². The molecule has 28 heteroatoms. The highest BCUT2D eigenvalue weighted by atomic mass is 35.5. The van der Waals surface area contributed by atoms with Gasteiger partial charge in [0.1, 0.15) is 75.0 Å². The highest BCUT2D eigenvalue weighted by Gasteiger charge is 2.25. The van der Waals surface area contributed by atoms with Crippen molar-refractivity contribution in [2.75, 3.05) is 62.2 Å². The molecule has 3 unspecified atom stereocenters. The van der Waals surface area contributed by atoms with Crippen LogP contribution >= 0.6 is 57.5 Å². The Bertz CT molecular complexity index is 3950. The van der Waals surface area contributed by atoms with E-state index in [9.17, 15) is 20.1 Å². The summed E-state index contributed by atoms with van der Waals surface area (Å²) in [5.74, 6) is -0.397. The Balaban J connectivity index is 0.000000164. The highest BCUT2D eigenvalue weighted by molar-refractivity contribution is 7.12. The molecule has 0 aromatic carbocycles. The summed E-state index contributed by atoms with van der Waals surface area (Å²) in [7, 11) is 0. The normalized spacial score (nSPS) is 13.0. The van der Waals surface area contributed by atoms with Gasteiger partial charge in [0, 0.05) is 120 Å². The smallest absolute Gasteiger partial charge is 0.345 e. The molecule has 12 heterocycles. The number of piperazine rings is 2. The lowest BCUT2D eigenvalue weighted by atomic mass is 9.98. The molecule has 452 valence electrons. The largest absolute Gasteiger partial charge is 0.477 e. The van der Waals surface area contributed by atoms with E-state index in [1.165, 1.54) is 54.0 Å². The van der Waals surface area contributed by atoms with Crippen LogP contribution in [0.1, 0.15) is 76.4 Å². The van der Waals surface area contributed by atoms with E-state index < -0.39 is 23.7 Å². The first-order valence-electron chi connectivity index (χ1n) is 27.2. The molecule has 0 saturated carbocycles. The van der Waals surface area contributed by atoms with Crippen LogP contribution in [0.5, 0.6) is 0 Å². The van der Waals surface area contributed by atoms with Gasteiger partial charge in [0.25, 0.3) is 5.91 Å². The third-order valence-electron chi connectivity index (χ3n) is 12.8. The van der Waals surface area contributed by atoms with E-state index in [0.717, 1.165) is 70.6 Å². The maximum absolute atomic E-state index is 12.5. The summed E-state index contributed by atoms with van der Waals surface area (Å²) in [6, 6.07) is 37.3. The van der Waals surface area contributed by atoms with Crippen molar-refractivity contribution in [1.82, 2.24) is 70.0 Å². The lowest BCUT2D eigenvalue weighted by molar-refractivity contribution is 0.0700. The number of hydrogen-bond donors (Lipinski definition) is 2. The fourth-order valence-corrected chi connectivity index (χ4v) is 10.1. The fourth-order valence-electron chi connectivity index (χ4n) is 8.38. The minimum Gasteiger partial charge on any atom is -0.477 e. The third-order valence-corrected chi connectivity index (χ3v) is 15.2. The summed E-state index contributed by atoms with van der Waals surface area (Å²) in [6.07, 6.45) is 19.6. The molecule has 2 fully saturated rings. The number of carbonyl (C=O) groups is 2. The van der Waals surface area contributed by atoms with Crippen molar-refractivity contribution >= 4 is 81.0 Å². The molecule has 12 rings (SSSR count). The van der Waals surface area contributed by atoms with Crippen LogP contribution in [0.15, 0.2) is 183 Å². The van der Waals surface area contributed by atoms with Gasteiger partial charge in [-0.2, -0.15) is 21.0 Å². The van der Waals surface area contributed by atoms with E-state index in [1.54, 1.807) is 85.3 Å². The topological polar surface area (TPSA) is 326 Å². The van der Waals surface area contributed by atoms with E-state index in [0.29, 0.717) is 64.3 Å². The highest BCUT2D eigenvalue weighted by Crippen LogP contribution is 2.27. The number of carboxylic acids is 1. The maximum Gasteiger partial charge on any atom is 0.345 e. The Morgan fingerprint density at radius 2 is 0.889 bits per heavy atom. The number of halogens is 3. The van der Waals surface area contributed by atoms with Crippen molar-refractivity contribution in [2.45, 2.75) is 24.2 Å². The summed E-state index contributed by atoms with van der Waals surface area (Å²) in [5.41, 5.74) is 5.60. The minimum absolute atomic E-state index is 0.0836. The summed E-state index contributed by atoms with van der Waals surface area (Å²) in [4.78, 5) is 78.0. The van der Waals surface area contributed by atoms with Gasteiger partial charge in [0.05, 0.1) is 52.7 Å². The van der Waals surface area contributed by atoms with Gasteiger partial charge in [-0.1, -0.05) is 46.9 Å². The first-order chi connectivity index (χ1) is 44.0. The van der Waals surface area contributed by atoms with E-state index in [-0.39, 0.29) is 5.91 Å². The van der Waals surface area contributed by atoms with Crippen LogP contribution in [-0.2, 0) is 6.42 Å². The molecule has 3 atom stereocenters. The number of carbonyl (C=O) groups excluding carboxylic acids is 1. The number of hydrogen-bond acceptors (Lipinski definition) is 23. The quantitative estimate of drug-likeness (QED) is 0.114. The van der Waals surface area contributed by atoms with E-state index in [4.69, 9.17) is 50.4 Å². The van der Waals surface area contributed by atoms with Gasteiger partial charge in [0.15, 0.2) is 0 Å². The van der Waals surface area contributed by atoms with Crippen molar-refractivity contribution in [3.63, 3.8) is 0 Å². The van der Waals surface area contributed by atoms with Crippen LogP contribution in [0.3, 0.4) is 0 Å². The summed E-state index contributed by atoms with van der Waals surface area (Å²) >= 11 is 19.3. The molecule has 23 nitrogen and oxygen atoms in total. The van der Waals surface area contributed by atoms with Crippen LogP contribution in [0.4, 0.5) is 11.6 Å². The molecule has 2 aliphatic heterocycles. The zero-order valence-corrected chi connectivity index (χ0v) is 51.5. The van der Waals surface area contributed by atoms with Crippen LogP contribution in [0.2, 0.25) is 15.5 Å². The number of nitrogens with zero attached hydrogens (tertiary/aromatic N) is 19. The van der Waals surface area contributed by atoms with Crippen molar-refractivity contribution in [3.05, 3.63) is 247 Å². The number of aromatic nitrogens is 12. The number of pyridine rings is 4. The lowest BCUT2D eigenvalue weighted by Crippen LogP contribution is -2.49. The number of anilines is 2. The molecule has 90 heavy (non-hydrogen) atoms. The first kappa shape index (κ1) is 67.2. The summed E-state index contributed by atoms with van der Waals surface area (Å²) in [5, 5.41) is 52.8. The molecule has 1 amide bonds. The molecule has 10 aromatic rings. The maximum atomic E-state index is 12.5. The SMILES string of the molecule is Clc1cc(Cl)ncn1.N#CC(c1ccncc1)c1cc(Cl)ncn1.N#CC(c1ccncc1)c1cc(N2CCN(C(=O)c3cccs3)CC2)ncn1.N#CC(c1ccncc1)c1cc(N2CCNCC2)ncn1.N#CCc1ccncc1.O=C(O)c1cccs1. The second kappa shape index (κ2) is 36.7. The van der Waals surface area contributed by atoms with Gasteiger partial charge in [-0.15, -0.1) is 22.7 Å². The van der Waals surface area contributed by atoms with Gasteiger partial charge in [-0.3, -0.25) is 24.7 Å². The molecular weight excluding hydrogens is 1240 g/mol. The Kier molecular flexibility index (Phi) is 27.4. The molecular formula is C62H53Cl3N20O3S2. The van der Waals surface area contributed by atoms with E-state index >= 15 is 0 Å². The van der Waals surface area contributed by atoms with Crippen molar-refractivity contribution in [2.24, 2.45) is 0 Å². The predicted molar refractivity (Wildman–Crippen MR) is 341 cm³/mol. The first-order valence-corrected chi connectivity index (χ1v) is 30.1. The molecule has 2 N–H and O–H groups in total. The Morgan fingerprint density at radius 1 is 0.500 bits per heavy atom. The van der Waals surface area contributed by atoms with Gasteiger partial charge in [0.2, 0.25) is 0 Å². The Hall–Kier alpha value is -10.4. The lowest BCUT2D eigenvalue weighted by Gasteiger charge is -2.35. The van der Waals surface area contributed by atoms with E-state index in [1.807, 2.05) is 70.9 Å². The number of nitrogens with one attached hydrogen (secondary N) is 1. The van der Waals surface area contributed by atoms with Crippen LogP contribution in [-0.4, -0.2) is 134 Å². The second-order valence-corrected chi connectivity index (χ2v) is 21.6.